The van der Waals surface area contributed by atoms with Gasteiger partial charge in [0.25, 0.3) is 0 Å². The van der Waals surface area contributed by atoms with E-state index in [1.165, 1.54) is 0 Å². The molecule has 154 valence electrons. The maximum absolute atomic E-state index is 6.29. The number of hydrogen-bond donors (Lipinski definition) is 2. The summed E-state index contributed by atoms with van der Waals surface area (Å²) >= 11 is 6.29. The topological polar surface area (TPSA) is 82.7 Å². The Hall–Kier alpha value is -2.14. The zero-order valence-corrected chi connectivity index (χ0v) is 19.2. The summed E-state index contributed by atoms with van der Waals surface area (Å²) in [7, 11) is 0. The zero-order chi connectivity index (χ0) is 19.3. The Kier molecular flexibility index (Phi) is 7.48. The van der Waals surface area contributed by atoms with Crippen LogP contribution in [0.1, 0.15) is 19.2 Å². The van der Waals surface area contributed by atoms with Crippen LogP contribution in [0.3, 0.4) is 0 Å². The molecule has 4 rings (SSSR count). The maximum Gasteiger partial charge on any atom is 0.191 e. The van der Waals surface area contributed by atoms with Crippen LogP contribution in [-0.4, -0.2) is 51.2 Å². The van der Waals surface area contributed by atoms with E-state index in [1.807, 2.05) is 40.9 Å². The first kappa shape index (κ1) is 21.6. The van der Waals surface area contributed by atoms with Crippen molar-refractivity contribution in [2.24, 2.45) is 4.99 Å². The quantitative estimate of drug-likeness (QED) is 0.302. The summed E-state index contributed by atoms with van der Waals surface area (Å²) in [6, 6.07) is 9.83. The molecule has 0 aromatic carbocycles. The van der Waals surface area contributed by atoms with Crippen LogP contribution in [0.15, 0.2) is 47.7 Å². The van der Waals surface area contributed by atoms with Gasteiger partial charge in [0.15, 0.2) is 17.4 Å². The Morgan fingerprint density at radius 2 is 2.17 bits per heavy atom. The third-order valence-electron chi connectivity index (χ3n) is 4.67. The fourth-order valence-corrected chi connectivity index (χ4v) is 3.58. The van der Waals surface area contributed by atoms with E-state index in [-0.39, 0.29) is 30.0 Å². The molecule has 3 aromatic rings. The predicted octanol–water partition coefficient (Wildman–Crippen LogP) is 2.73. The molecular weight excluding hydrogens is 503 g/mol. The minimum Gasteiger partial charge on any atom is -0.357 e. The van der Waals surface area contributed by atoms with E-state index in [9.17, 15) is 0 Å². The molecule has 2 N–H and O–H groups in total. The molecule has 0 radical (unpaired) electrons. The largest absolute Gasteiger partial charge is 0.357 e. The van der Waals surface area contributed by atoms with Gasteiger partial charge in [-0.3, -0.25) is 4.40 Å². The number of aliphatic imine (C=N–C) groups is 1. The summed E-state index contributed by atoms with van der Waals surface area (Å²) in [5.41, 5.74) is 0.823. The Labute approximate surface area is 191 Å². The van der Waals surface area contributed by atoms with E-state index < -0.39 is 0 Å². The van der Waals surface area contributed by atoms with E-state index in [2.05, 4.69) is 37.6 Å². The fraction of sp³-hybridized carbons (Fsp3) is 0.368. The number of fused-ring (bicyclic) bond motifs is 1. The minimum atomic E-state index is 0. The number of nitrogens with one attached hydrogen (secondary N) is 2. The third-order valence-corrected chi connectivity index (χ3v) is 4.97. The van der Waals surface area contributed by atoms with Crippen LogP contribution in [-0.2, 0) is 6.54 Å². The number of nitrogens with zero attached hydrogens (tertiary/aromatic N) is 6. The summed E-state index contributed by atoms with van der Waals surface area (Å²) in [5.74, 6) is 2.42. The molecule has 1 aliphatic heterocycles. The molecule has 0 bridgehead atoms. The van der Waals surface area contributed by atoms with Crippen LogP contribution in [0, 0.1) is 0 Å². The molecule has 1 saturated heterocycles. The Bertz CT molecular complexity index is 976. The maximum atomic E-state index is 6.29. The van der Waals surface area contributed by atoms with Crippen molar-refractivity contribution < 1.29 is 0 Å². The first-order valence-electron chi connectivity index (χ1n) is 9.43. The lowest BCUT2D eigenvalue weighted by Gasteiger charge is -2.20. The van der Waals surface area contributed by atoms with Gasteiger partial charge in [-0.1, -0.05) is 17.7 Å². The Balaban J connectivity index is 0.00000240. The van der Waals surface area contributed by atoms with Gasteiger partial charge in [-0.05, 0) is 37.6 Å². The van der Waals surface area contributed by atoms with Gasteiger partial charge >= 0.3 is 0 Å². The van der Waals surface area contributed by atoms with Gasteiger partial charge in [-0.2, -0.15) is 0 Å². The van der Waals surface area contributed by atoms with Crippen LogP contribution in [0.2, 0.25) is 5.02 Å². The van der Waals surface area contributed by atoms with E-state index in [1.54, 1.807) is 6.20 Å². The molecule has 10 heteroatoms. The average Bonchev–Trinajstić information content (AvgIpc) is 3.34. The molecule has 3 aromatic heterocycles. The number of aromatic nitrogens is 4. The fourth-order valence-electron chi connectivity index (χ4n) is 3.34. The van der Waals surface area contributed by atoms with Gasteiger partial charge in [-0.25, -0.2) is 9.98 Å². The SMILES string of the molecule is CCNC(=NCc1nnc2ccccn12)NC1CCN(c2ncccc2Cl)C1.I. The Morgan fingerprint density at radius 1 is 1.28 bits per heavy atom. The van der Waals surface area contributed by atoms with Gasteiger partial charge in [0, 0.05) is 38.1 Å². The third kappa shape index (κ3) is 5.08. The van der Waals surface area contributed by atoms with Crippen molar-refractivity contribution in [3.63, 3.8) is 0 Å². The highest BCUT2D eigenvalue weighted by Gasteiger charge is 2.25. The van der Waals surface area contributed by atoms with Crippen LogP contribution in [0.4, 0.5) is 5.82 Å². The van der Waals surface area contributed by atoms with Crippen molar-refractivity contribution in [1.29, 1.82) is 0 Å². The summed E-state index contributed by atoms with van der Waals surface area (Å²) in [4.78, 5) is 11.3. The molecular formula is C19H24ClIN8. The molecule has 0 spiro atoms. The van der Waals surface area contributed by atoms with E-state index in [4.69, 9.17) is 16.6 Å². The van der Waals surface area contributed by atoms with Crippen molar-refractivity contribution >= 4 is 53.0 Å². The van der Waals surface area contributed by atoms with E-state index >= 15 is 0 Å². The summed E-state index contributed by atoms with van der Waals surface area (Å²) in [5, 5.41) is 15.9. The molecule has 0 aliphatic carbocycles. The number of guanidine groups is 1. The highest BCUT2D eigenvalue weighted by atomic mass is 127. The van der Waals surface area contributed by atoms with Crippen LogP contribution < -0.4 is 15.5 Å². The predicted molar refractivity (Wildman–Crippen MR) is 126 cm³/mol. The van der Waals surface area contributed by atoms with Crippen molar-refractivity contribution in [2.75, 3.05) is 24.5 Å². The number of hydrogen-bond acceptors (Lipinski definition) is 5. The molecule has 4 heterocycles. The van der Waals surface area contributed by atoms with Gasteiger partial charge < -0.3 is 15.5 Å². The first-order chi connectivity index (χ1) is 13.7. The van der Waals surface area contributed by atoms with Crippen LogP contribution in [0.5, 0.6) is 0 Å². The zero-order valence-electron chi connectivity index (χ0n) is 16.1. The second-order valence-electron chi connectivity index (χ2n) is 6.63. The summed E-state index contributed by atoms with van der Waals surface area (Å²) in [6.07, 6.45) is 4.72. The monoisotopic (exact) mass is 526 g/mol. The lowest BCUT2D eigenvalue weighted by molar-refractivity contribution is 0.647. The molecule has 0 saturated carbocycles. The smallest absolute Gasteiger partial charge is 0.191 e. The molecule has 1 aliphatic rings. The normalized spacial score (nSPS) is 16.7. The van der Waals surface area contributed by atoms with Gasteiger partial charge in [0.05, 0.1) is 5.02 Å². The molecule has 1 unspecified atom stereocenters. The summed E-state index contributed by atoms with van der Waals surface area (Å²) in [6.45, 7) is 5.02. The molecule has 0 amide bonds. The second-order valence-corrected chi connectivity index (χ2v) is 7.03. The van der Waals surface area contributed by atoms with Crippen molar-refractivity contribution in [2.45, 2.75) is 25.9 Å². The minimum absolute atomic E-state index is 0. The molecule has 1 atom stereocenters. The van der Waals surface area contributed by atoms with E-state index in [0.717, 1.165) is 49.3 Å². The van der Waals surface area contributed by atoms with E-state index in [0.29, 0.717) is 11.6 Å². The van der Waals surface area contributed by atoms with Gasteiger partial charge in [-0.15, -0.1) is 34.2 Å². The molecule has 29 heavy (non-hydrogen) atoms. The highest BCUT2D eigenvalue weighted by molar-refractivity contribution is 14.0. The van der Waals surface area contributed by atoms with Crippen molar-refractivity contribution in [3.05, 3.63) is 53.6 Å². The highest BCUT2D eigenvalue weighted by Crippen LogP contribution is 2.25. The number of halogens is 2. The Morgan fingerprint density at radius 3 is 3.00 bits per heavy atom. The average molecular weight is 527 g/mol. The van der Waals surface area contributed by atoms with Gasteiger partial charge in [0.1, 0.15) is 12.4 Å². The van der Waals surface area contributed by atoms with Crippen LogP contribution in [0.25, 0.3) is 5.65 Å². The summed E-state index contributed by atoms with van der Waals surface area (Å²) < 4.78 is 1.95. The number of anilines is 1. The molecule has 8 nitrogen and oxygen atoms in total. The first-order valence-corrected chi connectivity index (χ1v) is 9.81. The lowest BCUT2D eigenvalue weighted by atomic mass is 10.3. The van der Waals surface area contributed by atoms with Gasteiger partial charge in [0.2, 0.25) is 0 Å². The molecule has 1 fully saturated rings. The second kappa shape index (κ2) is 10.1. The van der Waals surface area contributed by atoms with Crippen molar-refractivity contribution in [1.82, 2.24) is 30.2 Å². The lowest BCUT2D eigenvalue weighted by Crippen LogP contribution is -2.44. The number of pyridine rings is 2. The van der Waals surface area contributed by atoms with Crippen LogP contribution >= 0.6 is 35.6 Å². The van der Waals surface area contributed by atoms with Crippen molar-refractivity contribution in [3.8, 4) is 0 Å². The number of rotatable bonds is 5. The standard InChI is InChI=1S/C19H23ClN8.HI/c1-2-21-19(23-12-17-26-25-16-7-3-4-10-28(16)17)24-14-8-11-27(13-14)18-15(20)6-5-9-22-18;/h3-7,9-10,14H,2,8,11-13H2,1H3,(H2,21,23,24);1H.